The number of carboxylic acid groups (broad SMARTS) is 1. The van der Waals surface area contributed by atoms with E-state index in [2.05, 4.69) is 10.3 Å². The number of nitrogens with zero attached hydrogens (tertiary/aromatic N) is 1. The summed E-state index contributed by atoms with van der Waals surface area (Å²) in [7, 11) is 0. The number of nitrogens with one attached hydrogen (secondary N) is 1. The highest BCUT2D eigenvalue weighted by atomic mass is 35.5. The summed E-state index contributed by atoms with van der Waals surface area (Å²) in [6.45, 7) is 1.53. The third kappa shape index (κ3) is 2.91. The fourth-order valence-corrected chi connectivity index (χ4v) is 0.936. The Labute approximate surface area is 80.6 Å². The van der Waals surface area contributed by atoms with Crippen LogP contribution in [0.25, 0.3) is 0 Å². The minimum atomic E-state index is -0.929. The van der Waals surface area contributed by atoms with Crippen molar-refractivity contribution in [2.24, 2.45) is 0 Å². The summed E-state index contributed by atoms with van der Waals surface area (Å²) < 4.78 is 0. The van der Waals surface area contributed by atoms with Crippen molar-refractivity contribution in [3.05, 3.63) is 23.4 Å². The number of rotatable bonds is 3. The van der Waals surface area contributed by atoms with Crippen LogP contribution in [0.4, 0.5) is 5.82 Å². The molecule has 0 radical (unpaired) electrons. The molecule has 0 aliphatic rings. The van der Waals surface area contributed by atoms with Gasteiger partial charge in [-0.3, -0.25) is 4.79 Å². The Morgan fingerprint density at radius 2 is 2.38 bits per heavy atom. The average molecular weight is 201 g/mol. The zero-order valence-electron chi connectivity index (χ0n) is 6.99. The third-order valence-electron chi connectivity index (χ3n) is 1.45. The van der Waals surface area contributed by atoms with Gasteiger partial charge in [0.1, 0.15) is 17.0 Å². The summed E-state index contributed by atoms with van der Waals surface area (Å²) in [6.07, 6.45) is 0. The van der Waals surface area contributed by atoms with Crippen LogP contribution in [0.5, 0.6) is 0 Å². The van der Waals surface area contributed by atoms with Gasteiger partial charge in [0.25, 0.3) is 0 Å². The van der Waals surface area contributed by atoms with Crippen LogP contribution in [0.2, 0.25) is 5.15 Å². The van der Waals surface area contributed by atoms with Crippen molar-refractivity contribution in [1.29, 1.82) is 0 Å². The number of carboxylic acids is 1. The van der Waals surface area contributed by atoms with Crippen molar-refractivity contribution in [2.75, 3.05) is 5.32 Å². The molecule has 1 aromatic rings. The molecule has 5 heteroatoms. The van der Waals surface area contributed by atoms with E-state index in [4.69, 9.17) is 16.7 Å². The lowest BCUT2D eigenvalue weighted by molar-refractivity contribution is -0.137. The molecule has 1 aromatic heterocycles. The summed E-state index contributed by atoms with van der Waals surface area (Å²) in [6, 6.07) is 4.31. The lowest BCUT2D eigenvalue weighted by Gasteiger charge is -2.09. The highest BCUT2D eigenvalue weighted by Gasteiger charge is 2.10. The first-order valence-electron chi connectivity index (χ1n) is 3.71. The van der Waals surface area contributed by atoms with E-state index in [1.807, 2.05) is 0 Å². The fraction of sp³-hybridized carbons (Fsp3) is 0.250. The highest BCUT2D eigenvalue weighted by Crippen LogP contribution is 2.09. The standard InChI is InChI=1S/C8H9ClN2O2/c1-5(8(12)13)10-7-4-2-3-6(9)11-7/h2-5H,1H3,(H,10,11)(H,12,13). The number of anilines is 1. The van der Waals surface area contributed by atoms with Gasteiger partial charge in [0.2, 0.25) is 0 Å². The zero-order chi connectivity index (χ0) is 9.84. The average Bonchev–Trinajstić information content (AvgIpc) is 2.04. The van der Waals surface area contributed by atoms with Crippen LogP contribution in [0.3, 0.4) is 0 Å². The monoisotopic (exact) mass is 200 g/mol. The van der Waals surface area contributed by atoms with Crippen molar-refractivity contribution < 1.29 is 9.90 Å². The maximum Gasteiger partial charge on any atom is 0.325 e. The minimum Gasteiger partial charge on any atom is -0.480 e. The Balaban J connectivity index is 2.69. The first-order chi connectivity index (χ1) is 6.09. The Morgan fingerprint density at radius 3 is 2.92 bits per heavy atom. The number of halogens is 1. The maximum absolute atomic E-state index is 10.5. The molecule has 0 aliphatic carbocycles. The topological polar surface area (TPSA) is 62.2 Å². The van der Waals surface area contributed by atoms with Crippen molar-refractivity contribution in [1.82, 2.24) is 4.98 Å². The molecule has 2 N–H and O–H groups in total. The molecular formula is C8H9ClN2O2. The molecule has 1 unspecified atom stereocenters. The van der Waals surface area contributed by atoms with Gasteiger partial charge in [-0.25, -0.2) is 4.98 Å². The van der Waals surface area contributed by atoms with E-state index < -0.39 is 12.0 Å². The van der Waals surface area contributed by atoms with Crippen LogP contribution in [0, 0.1) is 0 Å². The predicted molar refractivity (Wildman–Crippen MR) is 50.0 cm³/mol. The quantitative estimate of drug-likeness (QED) is 0.728. The van der Waals surface area contributed by atoms with Crippen LogP contribution in [-0.4, -0.2) is 22.1 Å². The molecule has 0 spiro atoms. The molecule has 13 heavy (non-hydrogen) atoms. The molecule has 0 amide bonds. The third-order valence-corrected chi connectivity index (χ3v) is 1.66. The molecule has 1 atom stereocenters. The number of hydrogen-bond donors (Lipinski definition) is 2. The summed E-state index contributed by atoms with van der Waals surface area (Å²) >= 11 is 5.61. The van der Waals surface area contributed by atoms with Gasteiger partial charge in [0, 0.05) is 0 Å². The van der Waals surface area contributed by atoms with Crippen molar-refractivity contribution in [3.8, 4) is 0 Å². The van der Waals surface area contributed by atoms with Gasteiger partial charge in [-0.1, -0.05) is 17.7 Å². The normalized spacial score (nSPS) is 12.2. The van der Waals surface area contributed by atoms with Gasteiger partial charge in [-0.2, -0.15) is 0 Å². The van der Waals surface area contributed by atoms with Gasteiger partial charge in [0.15, 0.2) is 0 Å². The van der Waals surface area contributed by atoms with Gasteiger partial charge in [-0.05, 0) is 19.1 Å². The van der Waals surface area contributed by atoms with E-state index in [1.54, 1.807) is 18.2 Å². The van der Waals surface area contributed by atoms with E-state index in [1.165, 1.54) is 6.92 Å². The lowest BCUT2D eigenvalue weighted by Crippen LogP contribution is -2.25. The largest absolute Gasteiger partial charge is 0.480 e. The Bertz CT molecular complexity index is 317. The molecule has 0 saturated carbocycles. The first-order valence-corrected chi connectivity index (χ1v) is 4.09. The number of hydrogen-bond acceptors (Lipinski definition) is 3. The molecule has 70 valence electrons. The molecule has 0 fully saturated rings. The van der Waals surface area contributed by atoms with Gasteiger partial charge in [-0.15, -0.1) is 0 Å². The summed E-state index contributed by atoms with van der Waals surface area (Å²) in [5.74, 6) is -0.468. The van der Waals surface area contributed by atoms with E-state index in [0.29, 0.717) is 11.0 Å². The lowest BCUT2D eigenvalue weighted by atomic mass is 10.3. The Hall–Kier alpha value is -1.29. The molecule has 0 bridgehead atoms. The highest BCUT2D eigenvalue weighted by molar-refractivity contribution is 6.29. The zero-order valence-corrected chi connectivity index (χ0v) is 7.75. The molecule has 0 aromatic carbocycles. The van der Waals surface area contributed by atoms with Crippen LogP contribution >= 0.6 is 11.6 Å². The van der Waals surface area contributed by atoms with Crippen LogP contribution in [0.15, 0.2) is 18.2 Å². The van der Waals surface area contributed by atoms with Gasteiger partial charge < -0.3 is 10.4 Å². The summed E-state index contributed by atoms with van der Waals surface area (Å²) in [5.41, 5.74) is 0. The fourth-order valence-electron chi connectivity index (χ4n) is 0.772. The van der Waals surface area contributed by atoms with Crippen LogP contribution in [-0.2, 0) is 4.79 Å². The van der Waals surface area contributed by atoms with Crippen LogP contribution in [0.1, 0.15) is 6.92 Å². The van der Waals surface area contributed by atoms with E-state index in [-0.39, 0.29) is 0 Å². The van der Waals surface area contributed by atoms with Crippen molar-refractivity contribution >= 4 is 23.4 Å². The van der Waals surface area contributed by atoms with Crippen molar-refractivity contribution in [3.63, 3.8) is 0 Å². The van der Waals surface area contributed by atoms with Crippen molar-refractivity contribution in [2.45, 2.75) is 13.0 Å². The number of carbonyl (C=O) groups is 1. The number of pyridine rings is 1. The molecule has 4 nitrogen and oxygen atoms in total. The smallest absolute Gasteiger partial charge is 0.325 e. The molecular weight excluding hydrogens is 192 g/mol. The van der Waals surface area contributed by atoms with E-state index in [0.717, 1.165) is 0 Å². The van der Waals surface area contributed by atoms with E-state index >= 15 is 0 Å². The summed E-state index contributed by atoms with van der Waals surface area (Å²) in [4.78, 5) is 14.4. The van der Waals surface area contributed by atoms with Gasteiger partial charge in [0.05, 0.1) is 0 Å². The Morgan fingerprint density at radius 1 is 1.69 bits per heavy atom. The Kier molecular flexibility index (Phi) is 3.08. The number of aliphatic carboxylic acids is 1. The second-order valence-electron chi connectivity index (χ2n) is 2.55. The molecule has 0 saturated heterocycles. The second kappa shape index (κ2) is 4.09. The van der Waals surface area contributed by atoms with E-state index in [9.17, 15) is 4.79 Å². The first kappa shape index (κ1) is 9.80. The number of aromatic nitrogens is 1. The molecule has 0 aliphatic heterocycles. The minimum absolute atomic E-state index is 0.336. The van der Waals surface area contributed by atoms with Crippen LogP contribution < -0.4 is 5.32 Å². The van der Waals surface area contributed by atoms with Gasteiger partial charge >= 0.3 is 5.97 Å². The molecule has 1 heterocycles. The predicted octanol–water partition coefficient (Wildman–Crippen LogP) is 1.62. The second-order valence-corrected chi connectivity index (χ2v) is 2.94. The maximum atomic E-state index is 10.5. The summed E-state index contributed by atoms with van der Waals surface area (Å²) in [5, 5.41) is 11.6. The molecule has 1 rings (SSSR count). The SMILES string of the molecule is CC(Nc1cccc(Cl)n1)C(=O)O.